The van der Waals surface area contributed by atoms with E-state index in [0.29, 0.717) is 16.1 Å². The van der Waals surface area contributed by atoms with Crippen molar-refractivity contribution in [2.45, 2.75) is 0 Å². The average molecular weight is 347 g/mol. The maximum absolute atomic E-state index is 12.8. The van der Waals surface area contributed by atoms with Gasteiger partial charge in [0.15, 0.2) is 4.67 Å². The third-order valence-electron chi connectivity index (χ3n) is 1.81. The van der Waals surface area contributed by atoms with Gasteiger partial charge in [-0.3, -0.25) is 4.99 Å². The second kappa shape index (κ2) is 4.93. The molecular weight excluding hydrogens is 341 g/mol. The van der Waals surface area contributed by atoms with Crippen LogP contribution in [-0.2, 0) is 0 Å². The van der Waals surface area contributed by atoms with E-state index in [2.05, 4.69) is 36.9 Å². The Balaban J connectivity index is 2.21. The van der Waals surface area contributed by atoms with Crippen molar-refractivity contribution in [3.8, 4) is 0 Å². The maximum Gasteiger partial charge on any atom is 0.184 e. The molecular formula is C11H6Br2FNO. The molecule has 5 heteroatoms. The van der Waals surface area contributed by atoms with Crippen LogP contribution in [0.15, 0.2) is 48.9 Å². The Kier molecular flexibility index (Phi) is 3.56. The molecule has 0 atom stereocenters. The van der Waals surface area contributed by atoms with Crippen LogP contribution < -0.4 is 0 Å². The largest absolute Gasteiger partial charge is 0.447 e. The smallest absolute Gasteiger partial charge is 0.184 e. The molecule has 2 nitrogen and oxygen atoms in total. The van der Waals surface area contributed by atoms with Crippen LogP contribution in [0, 0.1) is 5.82 Å². The Morgan fingerprint density at radius 2 is 2.06 bits per heavy atom. The van der Waals surface area contributed by atoms with Gasteiger partial charge in [-0.25, -0.2) is 4.39 Å². The van der Waals surface area contributed by atoms with Crippen LogP contribution in [0.5, 0.6) is 0 Å². The van der Waals surface area contributed by atoms with E-state index in [9.17, 15) is 4.39 Å². The molecule has 0 unspecified atom stereocenters. The lowest BCUT2D eigenvalue weighted by Gasteiger charge is -1.91. The monoisotopic (exact) mass is 345 g/mol. The summed E-state index contributed by atoms with van der Waals surface area (Å²) in [5, 5.41) is 0. The highest BCUT2D eigenvalue weighted by Gasteiger charge is 2.03. The molecule has 0 saturated carbocycles. The first-order valence-corrected chi connectivity index (χ1v) is 5.98. The molecule has 2 aromatic rings. The van der Waals surface area contributed by atoms with E-state index in [1.54, 1.807) is 18.2 Å². The summed E-state index contributed by atoms with van der Waals surface area (Å²) < 4.78 is 19.6. The molecule has 0 radical (unpaired) electrons. The zero-order chi connectivity index (χ0) is 11.5. The van der Waals surface area contributed by atoms with Gasteiger partial charge in [-0.05, 0) is 50.1 Å². The molecule has 1 heterocycles. The lowest BCUT2D eigenvalue weighted by atomic mass is 10.3. The van der Waals surface area contributed by atoms with Gasteiger partial charge in [-0.1, -0.05) is 6.07 Å². The Labute approximate surface area is 108 Å². The standard InChI is InChI=1S/C11H6Br2FNO/c12-10-5-9(16-11(10)13)6-15-8-3-1-2-7(14)4-8/h1-6H. The Morgan fingerprint density at radius 3 is 2.69 bits per heavy atom. The number of furan rings is 1. The van der Waals surface area contributed by atoms with Crippen LogP contribution in [0.1, 0.15) is 5.76 Å². The van der Waals surface area contributed by atoms with Gasteiger partial charge < -0.3 is 4.42 Å². The van der Waals surface area contributed by atoms with Crippen molar-refractivity contribution >= 4 is 43.8 Å². The number of benzene rings is 1. The summed E-state index contributed by atoms with van der Waals surface area (Å²) >= 11 is 6.51. The summed E-state index contributed by atoms with van der Waals surface area (Å²) in [6, 6.07) is 7.82. The highest BCUT2D eigenvalue weighted by molar-refractivity contribution is 9.13. The zero-order valence-corrected chi connectivity index (χ0v) is 11.1. The average Bonchev–Trinajstić information content (AvgIpc) is 2.56. The van der Waals surface area contributed by atoms with E-state index >= 15 is 0 Å². The molecule has 1 aromatic heterocycles. The van der Waals surface area contributed by atoms with Gasteiger partial charge in [0, 0.05) is 6.07 Å². The zero-order valence-electron chi connectivity index (χ0n) is 7.95. The fourth-order valence-corrected chi connectivity index (χ4v) is 1.73. The normalized spacial score (nSPS) is 11.2. The Morgan fingerprint density at radius 1 is 1.25 bits per heavy atom. The molecule has 2 rings (SSSR count). The van der Waals surface area contributed by atoms with Crippen molar-refractivity contribution in [2.75, 3.05) is 0 Å². The SMILES string of the molecule is Fc1cccc(N=Cc2cc(Br)c(Br)o2)c1. The molecule has 0 N–H and O–H groups in total. The van der Waals surface area contributed by atoms with Crippen LogP contribution >= 0.6 is 31.9 Å². The van der Waals surface area contributed by atoms with E-state index in [-0.39, 0.29) is 5.82 Å². The first-order valence-electron chi connectivity index (χ1n) is 4.39. The lowest BCUT2D eigenvalue weighted by molar-refractivity contribution is 0.533. The van der Waals surface area contributed by atoms with Crippen molar-refractivity contribution in [3.05, 3.63) is 51.1 Å². The van der Waals surface area contributed by atoms with Crippen LogP contribution in [0.2, 0.25) is 0 Å². The molecule has 0 aliphatic carbocycles. The Bertz CT molecular complexity index is 517. The molecule has 0 aliphatic heterocycles. The van der Waals surface area contributed by atoms with Gasteiger partial charge in [-0.2, -0.15) is 0 Å². The quantitative estimate of drug-likeness (QED) is 0.724. The summed E-state index contributed by atoms with van der Waals surface area (Å²) in [6.07, 6.45) is 1.53. The highest BCUT2D eigenvalue weighted by atomic mass is 79.9. The summed E-state index contributed by atoms with van der Waals surface area (Å²) in [7, 11) is 0. The fraction of sp³-hybridized carbons (Fsp3) is 0. The minimum absolute atomic E-state index is 0.309. The summed E-state index contributed by atoms with van der Waals surface area (Å²) in [6.45, 7) is 0. The maximum atomic E-state index is 12.8. The van der Waals surface area contributed by atoms with Gasteiger partial charge in [0.25, 0.3) is 0 Å². The predicted octanol–water partition coefficient (Wildman–Crippen LogP) is 4.69. The molecule has 0 aliphatic rings. The second-order valence-corrected chi connectivity index (χ2v) is 4.58. The third-order valence-corrected chi connectivity index (χ3v) is 3.52. The van der Waals surface area contributed by atoms with Crippen molar-refractivity contribution < 1.29 is 8.81 Å². The first-order chi connectivity index (χ1) is 7.65. The lowest BCUT2D eigenvalue weighted by Crippen LogP contribution is -1.75. The van der Waals surface area contributed by atoms with Crippen molar-refractivity contribution in [2.24, 2.45) is 4.99 Å². The van der Waals surface area contributed by atoms with E-state index in [1.807, 2.05) is 0 Å². The molecule has 16 heavy (non-hydrogen) atoms. The number of nitrogens with zero attached hydrogens (tertiary/aromatic N) is 1. The van der Waals surface area contributed by atoms with Crippen LogP contribution in [0.4, 0.5) is 10.1 Å². The molecule has 1 aromatic carbocycles. The molecule has 0 spiro atoms. The van der Waals surface area contributed by atoms with Gasteiger partial charge in [0.05, 0.1) is 16.4 Å². The van der Waals surface area contributed by atoms with Crippen LogP contribution in [0.3, 0.4) is 0 Å². The second-order valence-electron chi connectivity index (χ2n) is 3.01. The number of halogens is 3. The van der Waals surface area contributed by atoms with E-state index in [0.717, 1.165) is 4.47 Å². The molecule has 0 bridgehead atoms. The van der Waals surface area contributed by atoms with Crippen molar-refractivity contribution in [1.82, 2.24) is 0 Å². The van der Waals surface area contributed by atoms with Crippen LogP contribution in [-0.4, -0.2) is 6.21 Å². The molecule has 0 fully saturated rings. The third kappa shape index (κ3) is 2.80. The fourth-order valence-electron chi connectivity index (χ4n) is 1.12. The minimum atomic E-state index is -0.309. The van der Waals surface area contributed by atoms with E-state index in [1.165, 1.54) is 18.3 Å². The van der Waals surface area contributed by atoms with Crippen LogP contribution in [0.25, 0.3) is 0 Å². The van der Waals surface area contributed by atoms with Gasteiger partial charge in [0.1, 0.15) is 11.6 Å². The van der Waals surface area contributed by atoms with E-state index < -0.39 is 0 Å². The van der Waals surface area contributed by atoms with E-state index in [4.69, 9.17) is 4.42 Å². The summed E-state index contributed by atoms with van der Waals surface area (Å²) in [4.78, 5) is 4.09. The topological polar surface area (TPSA) is 25.5 Å². The number of rotatable bonds is 2. The van der Waals surface area contributed by atoms with Gasteiger partial charge in [0.2, 0.25) is 0 Å². The molecule has 0 amide bonds. The highest BCUT2D eigenvalue weighted by Crippen LogP contribution is 2.26. The molecule has 82 valence electrons. The Hall–Kier alpha value is -0.940. The molecule has 0 saturated heterocycles. The minimum Gasteiger partial charge on any atom is -0.447 e. The number of hydrogen-bond donors (Lipinski definition) is 0. The van der Waals surface area contributed by atoms with Crippen molar-refractivity contribution in [3.63, 3.8) is 0 Å². The number of aliphatic imine (C=N–C) groups is 1. The summed E-state index contributed by atoms with van der Waals surface area (Å²) in [5.41, 5.74) is 0.545. The predicted molar refractivity (Wildman–Crippen MR) is 67.8 cm³/mol. The van der Waals surface area contributed by atoms with Gasteiger partial charge >= 0.3 is 0 Å². The number of hydrogen-bond acceptors (Lipinski definition) is 2. The summed E-state index contributed by atoms with van der Waals surface area (Å²) in [5.74, 6) is 0.277. The first kappa shape index (κ1) is 11.5. The van der Waals surface area contributed by atoms with Crippen molar-refractivity contribution in [1.29, 1.82) is 0 Å². The van der Waals surface area contributed by atoms with Gasteiger partial charge in [-0.15, -0.1) is 0 Å².